The molecule has 0 N–H and O–H groups in total. The number of carbonyl (C=O) groups excluding carboxylic acids is 1. The zero-order chi connectivity index (χ0) is 11.7. The molecule has 1 heterocycles. The number of esters is 1. The van der Waals surface area contributed by atoms with Crippen LogP contribution in [0.1, 0.15) is 17.5 Å². The van der Waals surface area contributed by atoms with Crippen LogP contribution in [-0.2, 0) is 4.74 Å². The van der Waals surface area contributed by atoms with Crippen LogP contribution in [0.5, 0.6) is 0 Å². The van der Waals surface area contributed by atoms with Crippen LogP contribution in [0, 0.1) is 9.39 Å². The Kier molecular flexibility index (Phi) is 3.13. The minimum atomic E-state index is -0.525. The molecule has 0 saturated heterocycles. The lowest BCUT2D eigenvalue weighted by Gasteiger charge is -1.97. The van der Waals surface area contributed by atoms with E-state index in [2.05, 4.69) is 0 Å². The van der Waals surface area contributed by atoms with E-state index in [1.54, 1.807) is 13.0 Å². The predicted molar refractivity (Wildman–Crippen MR) is 64.8 cm³/mol. The van der Waals surface area contributed by atoms with Gasteiger partial charge in [-0.1, -0.05) is 0 Å². The van der Waals surface area contributed by atoms with E-state index in [9.17, 15) is 9.18 Å². The number of ether oxygens (including phenoxy) is 1. The Bertz CT molecular complexity index is 547. The highest BCUT2D eigenvalue weighted by atomic mass is 127. The molecule has 0 amide bonds. The molecular weight excluding hydrogens is 326 g/mol. The molecule has 0 bridgehead atoms. The highest BCUT2D eigenvalue weighted by molar-refractivity contribution is 14.1. The number of hydrogen-bond acceptors (Lipinski definition) is 3. The quantitative estimate of drug-likeness (QED) is 0.625. The normalized spacial score (nSPS) is 10.7. The fourth-order valence-electron chi connectivity index (χ4n) is 1.37. The largest absolute Gasteiger partial charge is 0.460 e. The number of rotatable bonds is 2. The Morgan fingerprint density at radius 1 is 1.56 bits per heavy atom. The Morgan fingerprint density at radius 3 is 3.00 bits per heavy atom. The van der Waals surface area contributed by atoms with Crippen molar-refractivity contribution in [3.63, 3.8) is 0 Å². The molecule has 0 unspecified atom stereocenters. The van der Waals surface area contributed by atoms with Crippen LogP contribution in [0.4, 0.5) is 4.39 Å². The average molecular weight is 334 g/mol. The van der Waals surface area contributed by atoms with E-state index in [1.165, 1.54) is 12.1 Å². The maximum absolute atomic E-state index is 12.9. The van der Waals surface area contributed by atoms with E-state index in [0.29, 0.717) is 14.5 Å². The third-order valence-corrected chi connectivity index (χ3v) is 3.12. The summed E-state index contributed by atoms with van der Waals surface area (Å²) in [4.78, 5) is 11.5. The molecule has 0 radical (unpaired) electrons. The fourth-order valence-corrected chi connectivity index (χ4v) is 2.14. The highest BCUT2D eigenvalue weighted by Crippen LogP contribution is 2.28. The lowest BCUT2D eigenvalue weighted by Crippen LogP contribution is -2.04. The van der Waals surface area contributed by atoms with Gasteiger partial charge in [-0.15, -0.1) is 0 Å². The summed E-state index contributed by atoms with van der Waals surface area (Å²) < 4.78 is 23.7. The summed E-state index contributed by atoms with van der Waals surface area (Å²) in [5, 5.41) is 0.713. The number of furan rings is 1. The van der Waals surface area contributed by atoms with Gasteiger partial charge in [-0.05, 0) is 41.6 Å². The van der Waals surface area contributed by atoms with Crippen molar-refractivity contribution in [1.29, 1.82) is 0 Å². The van der Waals surface area contributed by atoms with Crippen molar-refractivity contribution in [2.45, 2.75) is 6.92 Å². The van der Waals surface area contributed by atoms with Gasteiger partial charge in [0.05, 0.1) is 10.2 Å². The third-order valence-electron chi connectivity index (χ3n) is 2.05. The van der Waals surface area contributed by atoms with Crippen LogP contribution in [0.3, 0.4) is 0 Å². The molecule has 0 aliphatic carbocycles. The number of hydrogen-bond donors (Lipinski definition) is 0. The molecular formula is C11H8FIO3. The third kappa shape index (κ3) is 1.91. The van der Waals surface area contributed by atoms with E-state index >= 15 is 0 Å². The second kappa shape index (κ2) is 4.40. The maximum Gasteiger partial charge on any atom is 0.375 e. The average Bonchev–Trinajstić information content (AvgIpc) is 2.56. The van der Waals surface area contributed by atoms with Gasteiger partial charge in [0.25, 0.3) is 0 Å². The van der Waals surface area contributed by atoms with Crippen LogP contribution < -0.4 is 0 Å². The van der Waals surface area contributed by atoms with E-state index in [0.717, 1.165) is 0 Å². The molecule has 1 aromatic carbocycles. The first-order chi connectivity index (χ1) is 7.63. The van der Waals surface area contributed by atoms with Crippen LogP contribution in [0.2, 0.25) is 0 Å². The molecule has 2 aromatic rings. The van der Waals surface area contributed by atoms with Gasteiger partial charge in [-0.2, -0.15) is 0 Å². The van der Waals surface area contributed by atoms with E-state index in [1.807, 2.05) is 22.6 Å². The molecule has 84 valence electrons. The topological polar surface area (TPSA) is 39.4 Å². The number of carbonyl (C=O) groups is 1. The van der Waals surface area contributed by atoms with Gasteiger partial charge >= 0.3 is 5.97 Å². The van der Waals surface area contributed by atoms with Crippen molar-refractivity contribution >= 4 is 39.5 Å². The summed E-state index contributed by atoms with van der Waals surface area (Å²) in [6.07, 6.45) is 0. The van der Waals surface area contributed by atoms with Crippen molar-refractivity contribution in [3.8, 4) is 0 Å². The van der Waals surface area contributed by atoms with Crippen molar-refractivity contribution in [2.75, 3.05) is 6.61 Å². The Hall–Kier alpha value is -1.11. The Labute approximate surface area is 105 Å². The van der Waals surface area contributed by atoms with E-state index in [4.69, 9.17) is 9.15 Å². The number of fused-ring (bicyclic) bond motifs is 1. The second-order valence-electron chi connectivity index (χ2n) is 3.11. The molecule has 2 rings (SSSR count). The van der Waals surface area contributed by atoms with Crippen molar-refractivity contribution < 1.29 is 18.3 Å². The minimum Gasteiger partial charge on any atom is -0.460 e. The summed E-state index contributed by atoms with van der Waals surface area (Å²) in [6.45, 7) is 1.99. The van der Waals surface area contributed by atoms with E-state index < -0.39 is 11.8 Å². The van der Waals surface area contributed by atoms with Gasteiger partial charge in [0.1, 0.15) is 11.4 Å². The molecule has 1 aromatic heterocycles. The summed E-state index contributed by atoms with van der Waals surface area (Å²) in [7, 11) is 0. The maximum atomic E-state index is 12.9. The molecule has 0 aliphatic rings. The molecule has 0 fully saturated rings. The monoisotopic (exact) mass is 334 g/mol. The van der Waals surface area contributed by atoms with E-state index in [-0.39, 0.29) is 12.4 Å². The van der Waals surface area contributed by atoms with Crippen molar-refractivity contribution in [1.82, 2.24) is 0 Å². The second-order valence-corrected chi connectivity index (χ2v) is 4.18. The lowest BCUT2D eigenvalue weighted by molar-refractivity contribution is 0.0491. The molecule has 0 spiro atoms. The zero-order valence-electron chi connectivity index (χ0n) is 8.42. The molecule has 0 aliphatic heterocycles. The molecule has 5 heteroatoms. The fraction of sp³-hybridized carbons (Fsp3) is 0.182. The lowest BCUT2D eigenvalue weighted by atomic mass is 10.2. The first-order valence-corrected chi connectivity index (χ1v) is 5.76. The first-order valence-electron chi connectivity index (χ1n) is 4.68. The minimum absolute atomic E-state index is 0.128. The summed E-state index contributed by atoms with van der Waals surface area (Å²) >= 11 is 1.98. The standard InChI is InChI=1S/C11H8FIO3/c1-2-15-11(14)10-9(13)7-4-3-6(12)5-8(7)16-10/h3-5H,2H2,1H3. The first kappa shape index (κ1) is 11.4. The molecule has 3 nitrogen and oxygen atoms in total. The van der Waals surface area contributed by atoms with Gasteiger partial charge in [-0.3, -0.25) is 0 Å². The zero-order valence-corrected chi connectivity index (χ0v) is 10.6. The summed E-state index contributed by atoms with van der Waals surface area (Å²) in [6, 6.07) is 4.16. The van der Waals surface area contributed by atoms with Gasteiger partial charge < -0.3 is 9.15 Å². The predicted octanol–water partition coefficient (Wildman–Crippen LogP) is 3.35. The van der Waals surface area contributed by atoms with Gasteiger partial charge in [0.2, 0.25) is 5.76 Å². The molecule has 16 heavy (non-hydrogen) atoms. The van der Waals surface area contributed by atoms with Crippen LogP contribution in [0.25, 0.3) is 11.0 Å². The Morgan fingerprint density at radius 2 is 2.31 bits per heavy atom. The molecule has 0 atom stereocenters. The smallest absolute Gasteiger partial charge is 0.375 e. The number of halogens is 2. The van der Waals surface area contributed by atoms with Crippen LogP contribution in [-0.4, -0.2) is 12.6 Å². The van der Waals surface area contributed by atoms with Crippen molar-refractivity contribution in [3.05, 3.63) is 33.3 Å². The highest BCUT2D eigenvalue weighted by Gasteiger charge is 2.19. The molecule has 0 saturated carbocycles. The van der Waals surface area contributed by atoms with Gasteiger partial charge in [-0.25, -0.2) is 9.18 Å². The van der Waals surface area contributed by atoms with Gasteiger partial charge in [0, 0.05) is 11.5 Å². The SMILES string of the molecule is CCOC(=O)c1oc2cc(F)ccc2c1I. The Balaban J connectivity index is 2.55. The summed E-state index contributed by atoms with van der Waals surface area (Å²) in [5.74, 6) is -0.792. The summed E-state index contributed by atoms with van der Waals surface area (Å²) in [5.41, 5.74) is 0.354. The van der Waals surface area contributed by atoms with Gasteiger partial charge in [0.15, 0.2) is 0 Å². The van der Waals surface area contributed by atoms with Crippen LogP contribution >= 0.6 is 22.6 Å². The van der Waals surface area contributed by atoms with Crippen LogP contribution in [0.15, 0.2) is 22.6 Å². The number of benzene rings is 1. The van der Waals surface area contributed by atoms with Crippen molar-refractivity contribution in [2.24, 2.45) is 0 Å².